The molecule has 0 aliphatic carbocycles. The average molecular weight is 230 g/mol. The van der Waals surface area contributed by atoms with E-state index < -0.39 is 9.84 Å². The van der Waals surface area contributed by atoms with Crippen LogP contribution in [0.4, 0.5) is 0 Å². The molecule has 1 aromatic heterocycles. The first kappa shape index (κ1) is 12.2. The van der Waals surface area contributed by atoms with Gasteiger partial charge in [-0.2, -0.15) is 5.10 Å². The summed E-state index contributed by atoms with van der Waals surface area (Å²) in [5.41, 5.74) is 3.17. The molecule has 0 amide bonds. The zero-order valence-corrected chi connectivity index (χ0v) is 10.6. The molecule has 0 unspecified atom stereocenters. The Hall–Kier alpha value is -0.840. The molecule has 1 heterocycles. The van der Waals surface area contributed by atoms with Crippen molar-refractivity contribution in [1.82, 2.24) is 9.78 Å². The molecular formula is C10H18N2O2S. The SMILES string of the molecule is CCS(=O)(=O)CCn1nc(C)c(C)c1C. The fraction of sp³-hybridized carbons (Fsp3) is 0.700. The third-order valence-corrected chi connectivity index (χ3v) is 4.48. The summed E-state index contributed by atoms with van der Waals surface area (Å²) in [6, 6.07) is 0. The second-order valence-electron chi connectivity index (χ2n) is 3.76. The van der Waals surface area contributed by atoms with Crippen LogP contribution in [0.1, 0.15) is 23.9 Å². The second-order valence-corrected chi connectivity index (χ2v) is 6.23. The van der Waals surface area contributed by atoms with E-state index in [4.69, 9.17) is 0 Å². The lowest BCUT2D eigenvalue weighted by molar-refractivity contribution is 0.577. The topological polar surface area (TPSA) is 52.0 Å². The highest BCUT2D eigenvalue weighted by Gasteiger charge is 2.11. The maximum Gasteiger partial charge on any atom is 0.151 e. The number of hydrogen-bond donors (Lipinski definition) is 0. The van der Waals surface area contributed by atoms with Gasteiger partial charge in [0, 0.05) is 11.4 Å². The van der Waals surface area contributed by atoms with Gasteiger partial charge in [-0.1, -0.05) is 6.92 Å². The molecule has 0 spiro atoms. The molecule has 5 heteroatoms. The van der Waals surface area contributed by atoms with Crippen molar-refractivity contribution in [2.24, 2.45) is 0 Å². The number of aryl methyl sites for hydroxylation is 2. The van der Waals surface area contributed by atoms with Crippen molar-refractivity contribution < 1.29 is 8.42 Å². The van der Waals surface area contributed by atoms with Crippen LogP contribution in [0.2, 0.25) is 0 Å². The monoisotopic (exact) mass is 230 g/mol. The van der Waals surface area contributed by atoms with E-state index in [0.717, 1.165) is 17.0 Å². The zero-order chi connectivity index (χ0) is 11.6. The van der Waals surface area contributed by atoms with Gasteiger partial charge in [-0.15, -0.1) is 0 Å². The number of sulfone groups is 1. The molecule has 1 rings (SSSR count). The van der Waals surface area contributed by atoms with Gasteiger partial charge in [0.1, 0.15) is 0 Å². The molecular weight excluding hydrogens is 212 g/mol. The van der Waals surface area contributed by atoms with Crippen LogP contribution < -0.4 is 0 Å². The van der Waals surface area contributed by atoms with Gasteiger partial charge in [-0.05, 0) is 26.3 Å². The van der Waals surface area contributed by atoms with Crippen molar-refractivity contribution in [3.63, 3.8) is 0 Å². The molecule has 0 saturated carbocycles. The van der Waals surface area contributed by atoms with E-state index in [-0.39, 0.29) is 11.5 Å². The molecule has 4 nitrogen and oxygen atoms in total. The van der Waals surface area contributed by atoms with Crippen molar-refractivity contribution in [1.29, 1.82) is 0 Å². The molecule has 0 aliphatic rings. The molecule has 0 N–H and O–H groups in total. The highest BCUT2D eigenvalue weighted by Crippen LogP contribution is 2.10. The first-order valence-corrected chi connectivity index (χ1v) is 6.90. The molecule has 0 aromatic carbocycles. The van der Waals surface area contributed by atoms with Crippen molar-refractivity contribution in [2.75, 3.05) is 11.5 Å². The fourth-order valence-electron chi connectivity index (χ4n) is 1.37. The minimum Gasteiger partial charge on any atom is -0.268 e. The van der Waals surface area contributed by atoms with Crippen LogP contribution in [0.15, 0.2) is 0 Å². The minimum atomic E-state index is -2.90. The third-order valence-electron chi connectivity index (χ3n) is 2.80. The average Bonchev–Trinajstić information content (AvgIpc) is 2.43. The first-order valence-electron chi connectivity index (χ1n) is 5.08. The maximum absolute atomic E-state index is 11.3. The van der Waals surface area contributed by atoms with Gasteiger partial charge in [0.05, 0.1) is 18.0 Å². The van der Waals surface area contributed by atoms with Crippen molar-refractivity contribution in [3.8, 4) is 0 Å². The van der Waals surface area contributed by atoms with Gasteiger partial charge in [0.25, 0.3) is 0 Å². The molecule has 0 bridgehead atoms. The van der Waals surface area contributed by atoms with Crippen LogP contribution in [0.25, 0.3) is 0 Å². The van der Waals surface area contributed by atoms with Gasteiger partial charge in [-0.3, -0.25) is 4.68 Å². The molecule has 0 aliphatic heterocycles. The number of aromatic nitrogens is 2. The lowest BCUT2D eigenvalue weighted by Gasteiger charge is -2.04. The Bertz CT molecular complexity index is 446. The third kappa shape index (κ3) is 2.81. The van der Waals surface area contributed by atoms with Gasteiger partial charge in [0.2, 0.25) is 0 Å². The minimum absolute atomic E-state index is 0.172. The zero-order valence-electron chi connectivity index (χ0n) is 9.74. The summed E-state index contributed by atoms with van der Waals surface area (Å²) >= 11 is 0. The quantitative estimate of drug-likeness (QED) is 0.782. The van der Waals surface area contributed by atoms with E-state index >= 15 is 0 Å². The van der Waals surface area contributed by atoms with Crippen LogP contribution in [-0.2, 0) is 16.4 Å². The van der Waals surface area contributed by atoms with Gasteiger partial charge in [0.15, 0.2) is 9.84 Å². The largest absolute Gasteiger partial charge is 0.268 e. The van der Waals surface area contributed by atoms with Crippen LogP contribution in [0.5, 0.6) is 0 Å². The normalized spacial score (nSPS) is 12.0. The van der Waals surface area contributed by atoms with Crippen molar-refractivity contribution in [3.05, 3.63) is 17.0 Å². The number of hydrogen-bond acceptors (Lipinski definition) is 3. The summed E-state index contributed by atoms with van der Waals surface area (Å²) in [4.78, 5) is 0. The first-order chi connectivity index (χ1) is 6.87. The lowest BCUT2D eigenvalue weighted by Crippen LogP contribution is -2.16. The Kier molecular flexibility index (Phi) is 3.54. The Labute approximate surface area is 91.2 Å². The summed E-state index contributed by atoms with van der Waals surface area (Å²) in [5.74, 6) is 0.371. The maximum atomic E-state index is 11.3. The molecule has 15 heavy (non-hydrogen) atoms. The summed E-state index contributed by atoms with van der Waals surface area (Å²) in [6.45, 7) is 8.03. The molecule has 0 fully saturated rings. The van der Waals surface area contributed by atoms with Gasteiger partial charge in [-0.25, -0.2) is 8.42 Å². The molecule has 0 saturated heterocycles. The number of rotatable bonds is 4. The molecule has 1 aromatic rings. The van der Waals surface area contributed by atoms with Crippen LogP contribution in [0, 0.1) is 20.8 Å². The number of nitrogens with zero attached hydrogens (tertiary/aromatic N) is 2. The summed E-state index contributed by atoms with van der Waals surface area (Å²) in [5, 5.41) is 4.30. The summed E-state index contributed by atoms with van der Waals surface area (Å²) < 4.78 is 24.4. The molecule has 0 atom stereocenters. The van der Waals surface area contributed by atoms with Gasteiger partial charge >= 0.3 is 0 Å². The Morgan fingerprint density at radius 1 is 1.27 bits per heavy atom. The standard InChI is InChI=1S/C10H18N2O2S/c1-5-15(13,14)7-6-12-10(4)8(2)9(3)11-12/h5-7H2,1-4H3. The smallest absolute Gasteiger partial charge is 0.151 e. The molecule has 86 valence electrons. The van der Waals surface area contributed by atoms with E-state index in [1.54, 1.807) is 11.6 Å². The lowest BCUT2D eigenvalue weighted by atomic mass is 10.2. The predicted molar refractivity (Wildman–Crippen MR) is 60.8 cm³/mol. The Morgan fingerprint density at radius 2 is 1.87 bits per heavy atom. The van der Waals surface area contributed by atoms with E-state index in [1.807, 2.05) is 20.8 Å². The van der Waals surface area contributed by atoms with Crippen LogP contribution in [-0.4, -0.2) is 29.7 Å². The Balaban J connectivity index is 2.79. The van der Waals surface area contributed by atoms with E-state index in [2.05, 4.69) is 5.10 Å². The van der Waals surface area contributed by atoms with Gasteiger partial charge < -0.3 is 0 Å². The second kappa shape index (κ2) is 4.35. The van der Waals surface area contributed by atoms with Crippen LogP contribution in [0.3, 0.4) is 0 Å². The summed E-state index contributed by atoms with van der Waals surface area (Å²) in [6.07, 6.45) is 0. The summed E-state index contributed by atoms with van der Waals surface area (Å²) in [7, 11) is -2.90. The molecule has 0 radical (unpaired) electrons. The highest BCUT2D eigenvalue weighted by molar-refractivity contribution is 7.91. The Morgan fingerprint density at radius 3 is 2.27 bits per heavy atom. The van der Waals surface area contributed by atoms with Crippen molar-refractivity contribution >= 4 is 9.84 Å². The van der Waals surface area contributed by atoms with Crippen LogP contribution >= 0.6 is 0 Å². The predicted octanol–water partition coefficient (Wildman–Crippen LogP) is 1.24. The van der Waals surface area contributed by atoms with E-state index in [0.29, 0.717) is 6.54 Å². The highest BCUT2D eigenvalue weighted by atomic mass is 32.2. The van der Waals surface area contributed by atoms with E-state index in [9.17, 15) is 8.42 Å². The fourth-order valence-corrected chi connectivity index (χ4v) is 2.11. The van der Waals surface area contributed by atoms with E-state index in [1.165, 1.54) is 0 Å². The van der Waals surface area contributed by atoms with Crippen molar-refractivity contribution in [2.45, 2.75) is 34.2 Å².